The van der Waals surface area contributed by atoms with E-state index in [1.165, 1.54) is 13.1 Å². The van der Waals surface area contributed by atoms with Gasteiger partial charge in [-0.3, -0.25) is 4.98 Å². The van der Waals surface area contributed by atoms with Gasteiger partial charge in [0.05, 0.1) is 5.69 Å². The van der Waals surface area contributed by atoms with Gasteiger partial charge in [-0.05, 0) is 6.92 Å². The summed E-state index contributed by atoms with van der Waals surface area (Å²) in [4.78, 5) is 6.63. The number of hydrogen-bond donors (Lipinski definition) is 0. The molecule has 13 heavy (non-hydrogen) atoms. The van der Waals surface area contributed by atoms with Gasteiger partial charge in [-0.2, -0.15) is 13.2 Å². The highest BCUT2D eigenvalue weighted by atomic mass is 19.4. The van der Waals surface area contributed by atoms with Crippen LogP contribution in [0.15, 0.2) is 12.4 Å². The summed E-state index contributed by atoms with van der Waals surface area (Å²) in [5, 5.41) is 0. The first-order valence-electron chi connectivity index (χ1n) is 2.86. The number of alkyl halides is 3. The van der Waals surface area contributed by atoms with Crippen molar-refractivity contribution in [2.75, 3.05) is 0 Å². The third-order valence-electron chi connectivity index (χ3n) is 1.15. The van der Waals surface area contributed by atoms with E-state index in [4.69, 9.17) is 0 Å². The van der Waals surface area contributed by atoms with E-state index in [2.05, 4.69) is 9.97 Å². The van der Waals surface area contributed by atoms with Crippen molar-refractivity contribution >= 4 is 0 Å². The lowest BCUT2D eigenvalue weighted by atomic mass is 10.3. The zero-order valence-electron chi connectivity index (χ0n) is 5.68. The minimum atomic E-state index is -4.39. The lowest BCUT2D eigenvalue weighted by molar-refractivity contribution is -0.141. The summed E-state index contributed by atoms with van der Waals surface area (Å²) in [6.07, 6.45) is -2.14. The number of aromatic nitrogens is 2. The highest BCUT2D eigenvalue weighted by molar-refractivity contribution is 5.11. The molecule has 0 aliphatic heterocycles. The third kappa shape index (κ3) is 3.40. The van der Waals surface area contributed by atoms with Crippen LogP contribution in [-0.4, -0.2) is 9.97 Å². The van der Waals surface area contributed by atoms with Crippen molar-refractivity contribution in [3.8, 4) is 0 Å². The second-order valence-electron chi connectivity index (χ2n) is 1.99. The Kier molecular flexibility index (Phi) is 5.30. The molecule has 76 valence electrons. The van der Waals surface area contributed by atoms with E-state index in [1.54, 1.807) is 0 Å². The Bertz CT molecular complexity index is 258. The molecule has 0 atom stereocenters. The first-order valence-corrected chi connectivity index (χ1v) is 2.86. The van der Waals surface area contributed by atoms with Crippen molar-refractivity contribution in [2.45, 2.75) is 28.0 Å². The second-order valence-corrected chi connectivity index (χ2v) is 1.99. The molecule has 0 aromatic carbocycles. The Labute approximate surface area is 75.8 Å². The molecular weight excluding hydrogens is 181 g/mol. The SMILES string of the molecule is C.C.Cc1nccnc1C(F)(F)F. The molecule has 0 N–H and O–H groups in total. The zero-order chi connectivity index (χ0) is 8.48. The fourth-order valence-corrected chi connectivity index (χ4v) is 0.686. The molecule has 0 unspecified atom stereocenters. The molecular formula is C8H13F3N2. The van der Waals surface area contributed by atoms with Crippen LogP contribution < -0.4 is 0 Å². The quantitative estimate of drug-likeness (QED) is 0.634. The Morgan fingerprint density at radius 1 is 1.08 bits per heavy atom. The summed E-state index contributed by atoms with van der Waals surface area (Å²) >= 11 is 0. The van der Waals surface area contributed by atoms with Gasteiger partial charge >= 0.3 is 6.18 Å². The summed E-state index contributed by atoms with van der Waals surface area (Å²) in [5.41, 5.74) is -1.01. The van der Waals surface area contributed by atoms with Crippen molar-refractivity contribution < 1.29 is 13.2 Å². The van der Waals surface area contributed by atoms with Crippen molar-refractivity contribution in [1.82, 2.24) is 9.97 Å². The summed E-state index contributed by atoms with van der Waals surface area (Å²) < 4.78 is 35.8. The Hall–Kier alpha value is -1.13. The summed E-state index contributed by atoms with van der Waals surface area (Å²) in [6.45, 7) is 1.27. The van der Waals surface area contributed by atoms with Gasteiger partial charge in [-0.1, -0.05) is 14.9 Å². The fourth-order valence-electron chi connectivity index (χ4n) is 0.686. The predicted molar refractivity (Wildman–Crippen MR) is 45.2 cm³/mol. The predicted octanol–water partition coefficient (Wildman–Crippen LogP) is 3.08. The molecule has 5 heteroatoms. The van der Waals surface area contributed by atoms with E-state index in [0.29, 0.717) is 0 Å². The molecule has 2 nitrogen and oxygen atoms in total. The maximum Gasteiger partial charge on any atom is 0.435 e. The Morgan fingerprint density at radius 2 is 1.54 bits per heavy atom. The lowest BCUT2D eigenvalue weighted by Crippen LogP contribution is -2.10. The van der Waals surface area contributed by atoms with Crippen LogP contribution in [-0.2, 0) is 6.18 Å². The summed E-state index contributed by atoms with van der Waals surface area (Å²) in [6, 6.07) is 0. The highest BCUT2D eigenvalue weighted by Gasteiger charge is 2.34. The molecule has 0 saturated heterocycles. The average molecular weight is 194 g/mol. The molecule has 0 aliphatic carbocycles. The molecule has 0 bridgehead atoms. The second kappa shape index (κ2) is 4.79. The normalized spacial score (nSPS) is 9.85. The lowest BCUT2D eigenvalue weighted by Gasteiger charge is -2.05. The number of rotatable bonds is 0. The monoisotopic (exact) mass is 194 g/mol. The van der Waals surface area contributed by atoms with Crippen LogP contribution in [0.5, 0.6) is 0 Å². The van der Waals surface area contributed by atoms with Crippen molar-refractivity contribution in [1.29, 1.82) is 0 Å². The Morgan fingerprint density at radius 3 is 1.85 bits per heavy atom. The minimum absolute atomic E-state index is 0. The van der Waals surface area contributed by atoms with Crippen LogP contribution in [0.25, 0.3) is 0 Å². The topological polar surface area (TPSA) is 25.8 Å². The van der Waals surface area contributed by atoms with Crippen molar-refractivity contribution in [3.63, 3.8) is 0 Å². The van der Waals surface area contributed by atoms with Crippen molar-refractivity contribution in [2.24, 2.45) is 0 Å². The van der Waals surface area contributed by atoms with Gasteiger partial charge in [-0.25, -0.2) is 4.98 Å². The molecule has 0 aliphatic rings. The van der Waals surface area contributed by atoms with Crippen LogP contribution in [0, 0.1) is 6.92 Å². The molecule has 0 spiro atoms. The first kappa shape index (κ1) is 14.4. The zero-order valence-corrected chi connectivity index (χ0v) is 5.68. The fraction of sp³-hybridized carbons (Fsp3) is 0.500. The largest absolute Gasteiger partial charge is 0.435 e. The molecule has 0 amide bonds. The van der Waals surface area contributed by atoms with E-state index in [1.807, 2.05) is 0 Å². The van der Waals surface area contributed by atoms with Gasteiger partial charge in [0.25, 0.3) is 0 Å². The van der Waals surface area contributed by atoms with Crippen LogP contribution in [0.3, 0.4) is 0 Å². The van der Waals surface area contributed by atoms with Crippen LogP contribution in [0.1, 0.15) is 26.2 Å². The van der Waals surface area contributed by atoms with Crippen LogP contribution in [0.4, 0.5) is 13.2 Å². The van der Waals surface area contributed by atoms with Crippen molar-refractivity contribution in [3.05, 3.63) is 23.8 Å². The van der Waals surface area contributed by atoms with E-state index in [9.17, 15) is 13.2 Å². The first-order chi connectivity index (χ1) is 5.02. The van der Waals surface area contributed by atoms with Gasteiger partial charge < -0.3 is 0 Å². The average Bonchev–Trinajstić information content (AvgIpc) is 1.86. The number of hydrogen-bond acceptors (Lipinski definition) is 2. The van der Waals surface area contributed by atoms with Gasteiger partial charge in [0.2, 0.25) is 0 Å². The maximum atomic E-state index is 11.9. The van der Waals surface area contributed by atoms with Gasteiger partial charge in [0.15, 0.2) is 5.69 Å². The molecule has 1 aromatic rings. The molecule has 0 saturated carbocycles. The summed E-state index contributed by atoms with van der Waals surface area (Å²) in [5.74, 6) is 0. The number of aryl methyl sites for hydroxylation is 1. The smallest absolute Gasteiger partial charge is 0.258 e. The molecule has 1 heterocycles. The Balaban J connectivity index is 0. The molecule has 1 rings (SSSR count). The van der Waals surface area contributed by atoms with E-state index in [0.717, 1.165) is 6.20 Å². The molecule has 1 aromatic heterocycles. The third-order valence-corrected chi connectivity index (χ3v) is 1.15. The van der Waals surface area contributed by atoms with E-state index in [-0.39, 0.29) is 20.5 Å². The van der Waals surface area contributed by atoms with E-state index >= 15 is 0 Å². The minimum Gasteiger partial charge on any atom is -0.258 e. The number of nitrogens with zero attached hydrogens (tertiary/aromatic N) is 2. The molecule has 0 radical (unpaired) electrons. The van der Waals surface area contributed by atoms with Gasteiger partial charge in [0, 0.05) is 12.4 Å². The highest BCUT2D eigenvalue weighted by Crippen LogP contribution is 2.28. The van der Waals surface area contributed by atoms with Crippen LogP contribution >= 0.6 is 0 Å². The standard InChI is InChI=1S/C6H5F3N2.2CH4/c1-4-5(6(7,8)9)11-3-2-10-4;;/h2-3H,1H3;2*1H4. The van der Waals surface area contributed by atoms with Gasteiger partial charge in [0.1, 0.15) is 0 Å². The van der Waals surface area contributed by atoms with Gasteiger partial charge in [-0.15, -0.1) is 0 Å². The van der Waals surface area contributed by atoms with Crippen LogP contribution in [0.2, 0.25) is 0 Å². The summed E-state index contributed by atoms with van der Waals surface area (Å²) in [7, 11) is 0. The molecule has 0 fully saturated rings. The number of halogens is 3. The maximum absolute atomic E-state index is 11.9. The van der Waals surface area contributed by atoms with E-state index < -0.39 is 11.9 Å².